The maximum atomic E-state index is 12.3. The number of hydrogen-bond donors (Lipinski definition) is 2. The van der Waals surface area contributed by atoms with Crippen molar-refractivity contribution in [2.75, 3.05) is 18.9 Å². The average Bonchev–Trinajstić information content (AvgIpc) is 3.27. The van der Waals surface area contributed by atoms with Crippen molar-refractivity contribution in [2.24, 2.45) is 0 Å². The van der Waals surface area contributed by atoms with Crippen LogP contribution in [-0.4, -0.2) is 34.9 Å². The quantitative estimate of drug-likeness (QED) is 0.843. The first-order chi connectivity index (χ1) is 11.6. The lowest BCUT2D eigenvalue weighted by Gasteiger charge is -2.17. The Hall–Kier alpha value is -2.61. The van der Waals surface area contributed by atoms with Crippen molar-refractivity contribution >= 4 is 11.6 Å². The van der Waals surface area contributed by atoms with Gasteiger partial charge in [0.2, 0.25) is 5.91 Å². The number of carbonyl (C=O) groups is 1. The molecule has 1 saturated heterocycles. The van der Waals surface area contributed by atoms with E-state index in [0.29, 0.717) is 18.0 Å². The molecule has 3 heterocycles. The third kappa shape index (κ3) is 3.33. The van der Waals surface area contributed by atoms with Gasteiger partial charge in [0, 0.05) is 13.2 Å². The van der Waals surface area contributed by atoms with E-state index in [2.05, 4.69) is 10.4 Å². The molecule has 0 aliphatic carbocycles. The molecular weight excluding hydrogens is 312 g/mol. The SMILES string of the molecule is CC(C(=O)NCC1CCCO1)n1nc(-c2ccco2)cc(N)c1=O. The molecule has 2 aromatic heterocycles. The summed E-state index contributed by atoms with van der Waals surface area (Å²) < 4.78 is 11.8. The molecule has 128 valence electrons. The van der Waals surface area contributed by atoms with Crippen LogP contribution in [0, 0.1) is 0 Å². The molecule has 0 bridgehead atoms. The molecular formula is C16H20N4O4. The van der Waals surface area contributed by atoms with Crippen LogP contribution in [0.4, 0.5) is 5.69 Å². The Kier molecular flexibility index (Phi) is 4.66. The number of ether oxygens (including phenoxy) is 1. The minimum atomic E-state index is -0.795. The lowest BCUT2D eigenvalue weighted by molar-refractivity contribution is -0.124. The third-order valence-electron chi connectivity index (χ3n) is 4.01. The second-order valence-corrected chi connectivity index (χ2v) is 5.77. The van der Waals surface area contributed by atoms with Crippen molar-refractivity contribution in [3.63, 3.8) is 0 Å². The summed E-state index contributed by atoms with van der Waals surface area (Å²) >= 11 is 0. The van der Waals surface area contributed by atoms with E-state index >= 15 is 0 Å². The van der Waals surface area contributed by atoms with Crippen LogP contribution in [0.15, 0.2) is 33.7 Å². The zero-order chi connectivity index (χ0) is 17.1. The van der Waals surface area contributed by atoms with Gasteiger partial charge < -0.3 is 20.2 Å². The molecule has 1 fully saturated rings. The Bertz CT molecular complexity index is 763. The van der Waals surface area contributed by atoms with E-state index in [-0.39, 0.29) is 17.7 Å². The first kappa shape index (κ1) is 16.3. The topological polar surface area (TPSA) is 112 Å². The van der Waals surface area contributed by atoms with E-state index in [0.717, 1.165) is 24.1 Å². The summed E-state index contributed by atoms with van der Waals surface area (Å²) in [5, 5.41) is 7.01. The average molecular weight is 332 g/mol. The molecule has 0 saturated carbocycles. The Balaban J connectivity index is 1.79. The van der Waals surface area contributed by atoms with Crippen LogP contribution in [0.2, 0.25) is 0 Å². The van der Waals surface area contributed by atoms with Gasteiger partial charge in [0.15, 0.2) is 5.76 Å². The van der Waals surface area contributed by atoms with Crippen LogP contribution in [0.25, 0.3) is 11.5 Å². The van der Waals surface area contributed by atoms with Gasteiger partial charge >= 0.3 is 0 Å². The maximum absolute atomic E-state index is 12.3. The summed E-state index contributed by atoms with van der Waals surface area (Å²) in [6.07, 6.45) is 3.46. The lowest BCUT2D eigenvalue weighted by Crippen LogP contribution is -2.40. The van der Waals surface area contributed by atoms with Crippen molar-refractivity contribution in [1.82, 2.24) is 15.1 Å². The molecule has 2 atom stereocenters. The fourth-order valence-corrected chi connectivity index (χ4v) is 2.62. The summed E-state index contributed by atoms with van der Waals surface area (Å²) in [6.45, 7) is 2.74. The number of nitrogens with two attached hydrogens (primary N) is 1. The van der Waals surface area contributed by atoms with E-state index in [1.807, 2.05) is 0 Å². The van der Waals surface area contributed by atoms with Crippen molar-refractivity contribution in [3.8, 4) is 11.5 Å². The van der Waals surface area contributed by atoms with Crippen molar-refractivity contribution in [3.05, 3.63) is 34.8 Å². The van der Waals surface area contributed by atoms with Crippen molar-refractivity contribution < 1.29 is 13.9 Å². The zero-order valence-electron chi connectivity index (χ0n) is 13.4. The predicted octanol–water partition coefficient (Wildman–Crippen LogP) is 0.942. The molecule has 2 unspecified atom stereocenters. The molecule has 1 amide bonds. The highest BCUT2D eigenvalue weighted by atomic mass is 16.5. The molecule has 24 heavy (non-hydrogen) atoms. The largest absolute Gasteiger partial charge is 0.463 e. The normalized spacial score (nSPS) is 18.5. The minimum Gasteiger partial charge on any atom is -0.463 e. The van der Waals surface area contributed by atoms with Gasteiger partial charge in [-0.1, -0.05) is 0 Å². The fourth-order valence-electron chi connectivity index (χ4n) is 2.62. The molecule has 0 aromatic carbocycles. The monoisotopic (exact) mass is 332 g/mol. The van der Waals surface area contributed by atoms with Crippen LogP contribution in [0.1, 0.15) is 25.8 Å². The van der Waals surface area contributed by atoms with Gasteiger partial charge in [-0.2, -0.15) is 5.10 Å². The van der Waals surface area contributed by atoms with Crippen LogP contribution in [0.5, 0.6) is 0 Å². The molecule has 2 aromatic rings. The van der Waals surface area contributed by atoms with Gasteiger partial charge in [-0.15, -0.1) is 0 Å². The van der Waals surface area contributed by atoms with E-state index < -0.39 is 11.6 Å². The number of amides is 1. The fraction of sp³-hybridized carbons (Fsp3) is 0.438. The van der Waals surface area contributed by atoms with Gasteiger partial charge in [0.25, 0.3) is 5.56 Å². The molecule has 0 spiro atoms. The predicted molar refractivity (Wildman–Crippen MR) is 87.3 cm³/mol. The van der Waals surface area contributed by atoms with Crippen LogP contribution in [-0.2, 0) is 9.53 Å². The van der Waals surface area contributed by atoms with Crippen LogP contribution >= 0.6 is 0 Å². The van der Waals surface area contributed by atoms with Gasteiger partial charge in [-0.05, 0) is 38.0 Å². The van der Waals surface area contributed by atoms with Crippen LogP contribution in [0.3, 0.4) is 0 Å². The van der Waals surface area contributed by atoms with E-state index in [1.165, 1.54) is 12.3 Å². The first-order valence-electron chi connectivity index (χ1n) is 7.89. The van der Waals surface area contributed by atoms with E-state index in [4.69, 9.17) is 14.9 Å². The number of rotatable bonds is 5. The number of carbonyl (C=O) groups excluding carboxylic acids is 1. The number of nitrogens with zero attached hydrogens (tertiary/aromatic N) is 2. The number of furan rings is 1. The Morgan fingerprint density at radius 2 is 2.42 bits per heavy atom. The zero-order valence-corrected chi connectivity index (χ0v) is 13.4. The van der Waals surface area contributed by atoms with Gasteiger partial charge in [0.05, 0.1) is 12.4 Å². The van der Waals surface area contributed by atoms with E-state index in [1.54, 1.807) is 19.1 Å². The standard InChI is InChI=1S/C16H20N4O4/c1-10(15(21)18-9-11-4-2-6-23-11)20-16(22)12(17)8-13(19-20)14-5-3-7-24-14/h3,5,7-8,10-11H,2,4,6,9,17H2,1H3,(H,18,21). The first-order valence-corrected chi connectivity index (χ1v) is 7.89. The third-order valence-corrected chi connectivity index (χ3v) is 4.01. The number of aromatic nitrogens is 2. The second kappa shape index (κ2) is 6.88. The smallest absolute Gasteiger partial charge is 0.290 e. The molecule has 0 radical (unpaired) electrons. The van der Waals surface area contributed by atoms with Crippen molar-refractivity contribution in [1.29, 1.82) is 0 Å². The molecule has 1 aliphatic rings. The number of hydrogen-bond acceptors (Lipinski definition) is 6. The summed E-state index contributed by atoms with van der Waals surface area (Å²) in [4.78, 5) is 24.6. The summed E-state index contributed by atoms with van der Waals surface area (Å²) in [6, 6.07) is 4.06. The number of nitrogens with one attached hydrogen (secondary N) is 1. The minimum absolute atomic E-state index is 0.00942. The highest BCUT2D eigenvalue weighted by molar-refractivity contribution is 5.79. The molecule has 8 nitrogen and oxygen atoms in total. The number of anilines is 1. The van der Waals surface area contributed by atoms with E-state index in [9.17, 15) is 9.59 Å². The lowest BCUT2D eigenvalue weighted by atomic mass is 10.2. The van der Waals surface area contributed by atoms with Crippen LogP contribution < -0.4 is 16.6 Å². The van der Waals surface area contributed by atoms with Gasteiger partial charge in [0.1, 0.15) is 17.4 Å². The van der Waals surface area contributed by atoms with Gasteiger partial charge in [-0.3, -0.25) is 9.59 Å². The molecule has 3 N–H and O–H groups in total. The highest BCUT2D eigenvalue weighted by Crippen LogP contribution is 2.18. The second-order valence-electron chi connectivity index (χ2n) is 5.77. The molecule has 1 aliphatic heterocycles. The molecule has 8 heteroatoms. The Labute approximate surface area is 138 Å². The van der Waals surface area contributed by atoms with Crippen molar-refractivity contribution in [2.45, 2.75) is 31.9 Å². The maximum Gasteiger partial charge on any atom is 0.290 e. The van der Waals surface area contributed by atoms with Gasteiger partial charge in [-0.25, -0.2) is 4.68 Å². The Morgan fingerprint density at radius 3 is 3.08 bits per heavy atom. The summed E-state index contributed by atoms with van der Waals surface area (Å²) in [5.74, 6) is 0.165. The summed E-state index contributed by atoms with van der Waals surface area (Å²) in [7, 11) is 0. The molecule has 3 rings (SSSR count). The summed E-state index contributed by atoms with van der Waals surface area (Å²) in [5.41, 5.74) is 5.67. The highest BCUT2D eigenvalue weighted by Gasteiger charge is 2.22. The Morgan fingerprint density at radius 1 is 1.58 bits per heavy atom. The number of nitrogen functional groups attached to an aromatic ring is 1.